The normalized spacial score (nSPS) is 11.9. The number of benzene rings is 3. The lowest BCUT2D eigenvalue weighted by Gasteiger charge is -2.18. The first-order chi connectivity index (χ1) is 18.4. The summed E-state index contributed by atoms with van der Waals surface area (Å²) in [5, 5.41) is 4.55. The Morgan fingerprint density at radius 3 is 2.47 bits per heavy atom. The highest BCUT2D eigenvalue weighted by Crippen LogP contribution is 2.37. The molecule has 1 N–H and O–H groups in total. The monoisotopic (exact) mass is 529 g/mol. The molecule has 1 aromatic heterocycles. The minimum Gasteiger partial charge on any atom is -0.490 e. The Labute approximate surface area is 228 Å². The Morgan fingerprint density at radius 2 is 1.79 bits per heavy atom. The molecule has 1 atom stereocenters. The van der Waals surface area contributed by atoms with E-state index in [4.69, 9.17) is 21.1 Å². The van der Waals surface area contributed by atoms with Crippen LogP contribution in [0.15, 0.2) is 84.0 Å². The number of halogens is 1. The van der Waals surface area contributed by atoms with Gasteiger partial charge < -0.3 is 14.0 Å². The Balaban J connectivity index is 1.47. The average molecular weight is 530 g/mol. The Hall–Kier alpha value is -4.03. The number of hydrogen-bond donors (Lipinski definition) is 1. The molecule has 0 bridgehead atoms. The van der Waals surface area contributed by atoms with Crippen LogP contribution in [0.1, 0.15) is 48.8 Å². The van der Waals surface area contributed by atoms with Gasteiger partial charge in [0.1, 0.15) is 0 Å². The number of nitrogens with zero attached hydrogens (tertiary/aromatic N) is 2. The van der Waals surface area contributed by atoms with Gasteiger partial charge in [0.2, 0.25) is 0 Å². The van der Waals surface area contributed by atoms with Crippen molar-refractivity contribution in [2.75, 3.05) is 6.61 Å². The molecule has 196 valence electrons. The van der Waals surface area contributed by atoms with E-state index in [1.54, 1.807) is 24.3 Å². The van der Waals surface area contributed by atoms with Crippen molar-refractivity contribution in [1.82, 2.24) is 9.99 Å². The van der Waals surface area contributed by atoms with Crippen LogP contribution in [0.2, 0.25) is 5.02 Å². The predicted octanol–water partition coefficient (Wildman–Crippen LogP) is 7.45. The van der Waals surface area contributed by atoms with Gasteiger partial charge >= 0.3 is 0 Å². The number of aromatic nitrogens is 1. The number of hydrazone groups is 1. The molecule has 1 heterocycles. The molecule has 7 heteroatoms. The molecule has 38 heavy (non-hydrogen) atoms. The van der Waals surface area contributed by atoms with Gasteiger partial charge in [-0.1, -0.05) is 48.9 Å². The standard InChI is InChI=1S/C31H32ClN3O3/c1-5-22(4)38-30-27(32)18-23(19-29(30)37-6-2)20-33-34-31(36)25-13-15-26(16-14-25)35-21(3)12-17-28(35)24-10-8-7-9-11-24/h7-20,22H,5-6H2,1-4H3,(H,34,36)/b33-20+/t22-/m0/s1. The fourth-order valence-electron chi connectivity index (χ4n) is 4.03. The number of hydrogen-bond acceptors (Lipinski definition) is 4. The number of ether oxygens (including phenoxy) is 2. The van der Waals surface area contributed by atoms with Gasteiger partial charge in [-0.25, -0.2) is 5.43 Å². The molecule has 0 saturated heterocycles. The number of rotatable bonds is 10. The summed E-state index contributed by atoms with van der Waals surface area (Å²) in [6.45, 7) is 8.45. The topological polar surface area (TPSA) is 64.8 Å². The number of amides is 1. The first kappa shape index (κ1) is 27.0. The van der Waals surface area contributed by atoms with Crippen molar-refractivity contribution in [3.8, 4) is 28.4 Å². The number of carbonyl (C=O) groups excluding carboxylic acids is 1. The van der Waals surface area contributed by atoms with E-state index < -0.39 is 0 Å². The van der Waals surface area contributed by atoms with E-state index in [0.717, 1.165) is 29.1 Å². The quantitative estimate of drug-likeness (QED) is 0.171. The van der Waals surface area contributed by atoms with Gasteiger partial charge in [-0.2, -0.15) is 5.10 Å². The van der Waals surface area contributed by atoms with Crippen LogP contribution in [0, 0.1) is 6.92 Å². The highest BCUT2D eigenvalue weighted by molar-refractivity contribution is 6.32. The van der Waals surface area contributed by atoms with Gasteiger partial charge in [0.25, 0.3) is 5.91 Å². The Morgan fingerprint density at radius 1 is 1.05 bits per heavy atom. The van der Waals surface area contributed by atoms with Crippen LogP contribution in [-0.2, 0) is 0 Å². The molecular formula is C31H32ClN3O3. The van der Waals surface area contributed by atoms with E-state index in [2.05, 4.69) is 46.3 Å². The van der Waals surface area contributed by atoms with Crippen molar-refractivity contribution in [3.05, 3.63) is 101 Å². The highest BCUT2D eigenvalue weighted by atomic mass is 35.5. The molecule has 6 nitrogen and oxygen atoms in total. The summed E-state index contributed by atoms with van der Waals surface area (Å²) in [4.78, 5) is 12.7. The van der Waals surface area contributed by atoms with Crippen molar-refractivity contribution in [1.29, 1.82) is 0 Å². The minimum absolute atomic E-state index is 0.00301. The maximum absolute atomic E-state index is 12.7. The maximum Gasteiger partial charge on any atom is 0.271 e. The summed E-state index contributed by atoms with van der Waals surface area (Å²) in [5.74, 6) is 0.740. The summed E-state index contributed by atoms with van der Waals surface area (Å²) in [5.41, 5.74) is 8.08. The molecule has 0 fully saturated rings. The molecule has 0 aliphatic carbocycles. The summed E-state index contributed by atoms with van der Waals surface area (Å²) in [7, 11) is 0. The maximum atomic E-state index is 12.7. The summed E-state index contributed by atoms with van der Waals surface area (Å²) in [6.07, 6.45) is 2.38. The van der Waals surface area contributed by atoms with Gasteiger partial charge in [-0.3, -0.25) is 4.79 Å². The zero-order valence-electron chi connectivity index (χ0n) is 22.1. The van der Waals surface area contributed by atoms with Crippen LogP contribution in [0.3, 0.4) is 0 Å². The molecule has 1 amide bonds. The molecule has 0 aliphatic heterocycles. The molecule has 3 aromatic carbocycles. The van der Waals surface area contributed by atoms with E-state index in [1.165, 1.54) is 6.21 Å². The van der Waals surface area contributed by atoms with E-state index in [1.807, 2.05) is 51.1 Å². The summed E-state index contributed by atoms with van der Waals surface area (Å²) >= 11 is 6.47. The highest BCUT2D eigenvalue weighted by Gasteiger charge is 2.15. The number of carbonyl (C=O) groups is 1. The zero-order chi connectivity index (χ0) is 27.1. The van der Waals surface area contributed by atoms with Crippen LogP contribution in [0.25, 0.3) is 16.9 Å². The lowest BCUT2D eigenvalue weighted by atomic mass is 10.1. The van der Waals surface area contributed by atoms with Crippen LogP contribution in [0.5, 0.6) is 11.5 Å². The van der Waals surface area contributed by atoms with Gasteiger partial charge in [0.05, 0.1) is 29.6 Å². The third kappa shape index (κ3) is 6.26. The molecule has 0 unspecified atom stereocenters. The minimum atomic E-state index is -0.312. The fraction of sp³-hybridized carbons (Fsp3) is 0.226. The lowest BCUT2D eigenvalue weighted by Crippen LogP contribution is -2.17. The van der Waals surface area contributed by atoms with Gasteiger partial charge in [-0.05, 0) is 86.8 Å². The van der Waals surface area contributed by atoms with Crippen LogP contribution in [-0.4, -0.2) is 29.4 Å². The van der Waals surface area contributed by atoms with Gasteiger partial charge in [0.15, 0.2) is 11.5 Å². The van der Waals surface area contributed by atoms with Crippen molar-refractivity contribution in [2.24, 2.45) is 5.10 Å². The van der Waals surface area contributed by atoms with Gasteiger partial charge in [0, 0.05) is 16.9 Å². The van der Waals surface area contributed by atoms with Crippen LogP contribution < -0.4 is 14.9 Å². The second-order valence-electron chi connectivity index (χ2n) is 8.91. The van der Waals surface area contributed by atoms with E-state index in [-0.39, 0.29) is 12.0 Å². The molecule has 4 aromatic rings. The molecule has 0 saturated carbocycles. The molecular weight excluding hydrogens is 498 g/mol. The second kappa shape index (κ2) is 12.5. The van der Waals surface area contributed by atoms with Crippen LogP contribution >= 0.6 is 11.6 Å². The first-order valence-electron chi connectivity index (χ1n) is 12.7. The third-order valence-electron chi connectivity index (χ3n) is 6.14. The van der Waals surface area contributed by atoms with E-state index in [9.17, 15) is 4.79 Å². The molecule has 0 aliphatic rings. The largest absolute Gasteiger partial charge is 0.490 e. The van der Waals surface area contributed by atoms with Crippen molar-refractivity contribution in [2.45, 2.75) is 40.2 Å². The van der Waals surface area contributed by atoms with Crippen molar-refractivity contribution >= 4 is 23.7 Å². The van der Waals surface area contributed by atoms with E-state index in [0.29, 0.717) is 34.3 Å². The fourth-order valence-corrected chi connectivity index (χ4v) is 4.30. The third-order valence-corrected chi connectivity index (χ3v) is 6.42. The zero-order valence-corrected chi connectivity index (χ0v) is 22.8. The first-order valence-corrected chi connectivity index (χ1v) is 13.1. The molecule has 4 rings (SSSR count). The van der Waals surface area contributed by atoms with Crippen molar-refractivity contribution in [3.63, 3.8) is 0 Å². The summed E-state index contributed by atoms with van der Waals surface area (Å²) < 4.78 is 13.8. The Bertz CT molecular complexity index is 1410. The van der Waals surface area contributed by atoms with Crippen LogP contribution in [0.4, 0.5) is 0 Å². The SMILES string of the molecule is CCOc1cc(/C=N/NC(=O)c2ccc(-n3c(C)ccc3-c3ccccc3)cc2)cc(Cl)c1O[C@@H](C)CC. The van der Waals surface area contributed by atoms with Gasteiger partial charge in [-0.15, -0.1) is 0 Å². The number of nitrogens with one attached hydrogen (secondary N) is 1. The second-order valence-corrected chi connectivity index (χ2v) is 9.31. The molecule has 0 spiro atoms. The Kier molecular flexibility index (Phi) is 8.87. The van der Waals surface area contributed by atoms with Crippen molar-refractivity contribution < 1.29 is 14.3 Å². The predicted molar refractivity (Wildman–Crippen MR) is 154 cm³/mol. The summed E-state index contributed by atoms with van der Waals surface area (Å²) in [6, 6.07) is 25.4. The lowest BCUT2D eigenvalue weighted by molar-refractivity contribution is 0.0955. The van der Waals surface area contributed by atoms with E-state index >= 15 is 0 Å². The molecule has 0 radical (unpaired) electrons. The average Bonchev–Trinajstić information content (AvgIpc) is 3.32. The number of aryl methyl sites for hydroxylation is 1. The smallest absolute Gasteiger partial charge is 0.271 e.